The van der Waals surface area contributed by atoms with Gasteiger partial charge in [0.2, 0.25) is 0 Å². The Hall–Kier alpha value is -1.07. The average Bonchev–Trinajstić information content (AvgIpc) is 2.73. The Labute approximate surface area is 128 Å². The van der Waals surface area contributed by atoms with E-state index < -0.39 is 0 Å². The van der Waals surface area contributed by atoms with Crippen LogP contribution < -0.4 is 0 Å². The lowest BCUT2D eigenvalue weighted by molar-refractivity contribution is 0.0465. The number of nitrogens with one attached hydrogen (secondary N) is 1. The maximum Gasteiger partial charge on any atom is 0.355 e. The molecule has 1 aromatic carbocycles. The van der Waals surface area contributed by atoms with Crippen molar-refractivity contribution in [3.63, 3.8) is 0 Å². The van der Waals surface area contributed by atoms with E-state index in [0.29, 0.717) is 11.0 Å². The first kappa shape index (κ1) is 14.3. The topological polar surface area (TPSA) is 42.1 Å². The van der Waals surface area contributed by atoms with Gasteiger partial charge in [-0.3, -0.25) is 0 Å². The van der Waals surface area contributed by atoms with Crippen LogP contribution in [0.4, 0.5) is 0 Å². The number of rotatable bonds is 4. The molecule has 0 spiro atoms. The first-order valence-electron chi connectivity index (χ1n) is 5.77. The number of hydrogen-bond donors (Lipinski definition) is 1. The number of halogens is 2. The molecule has 1 N–H and O–H groups in total. The summed E-state index contributed by atoms with van der Waals surface area (Å²) in [5, 5.41) is 0.653. The van der Waals surface area contributed by atoms with E-state index in [2.05, 4.69) is 36.8 Å². The molecule has 1 heterocycles. The lowest BCUT2D eigenvalue weighted by atomic mass is 10.2. The first-order chi connectivity index (χ1) is 9.13. The van der Waals surface area contributed by atoms with Crippen LogP contribution in [0, 0.1) is 6.92 Å². The second kappa shape index (κ2) is 6.39. The maximum atomic E-state index is 12.0. The van der Waals surface area contributed by atoms with Gasteiger partial charge in [-0.15, -0.1) is 0 Å². The number of alkyl halides is 1. The molecule has 0 saturated heterocycles. The van der Waals surface area contributed by atoms with Crippen LogP contribution in [-0.4, -0.2) is 11.0 Å². The molecule has 0 atom stereocenters. The summed E-state index contributed by atoms with van der Waals surface area (Å²) in [5.41, 5.74) is 3.27. The molecule has 5 heteroatoms. The van der Waals surface area contributed by atoms with Gasteiger partial charge in [0.05, 0.1) is 0 Å². The van der Waals surface area contributed by atoms with Crippen molar-refractivity contribution in [2.45, 2.75) is 18.9 Å². The highest BCUT2D eigenvalue weighted by Crippen LogP contribution is 2.26. The summed E-state index contributed by atoms with van der Waals surface area (Å²) < 4.78 is 6.21. The molecule has 0 fully saturated rings. The number of benzene rings is 1. The molecule has 3 nitrogen and oxygen atoms in total. The van der Waals surface area contributed by atoms with Crippen LogP contribution in [0.2, 0.25) is 0 Å². The minimum atomic E-state index is -0.339. The van der Waals surface area contributed by atoms with Crippen LogP contribution in [0.15, 0.2) is 34.8 Å². The smallest absolute Gasteiger partial charge is 0.355 e. The van der Waals surface area contributed by atoms with Gasteiger partial charge < -0.3 is 9.72 Å². The predicted molar refractivity (Wildman–Crippen MR) is 81.4 cm³/mol. The van der Waals surface area contributed by atoms with Crippen LogP contribution >= 0.6 is 31.9 Å². The van der Waals surface area contributed by atoms with Crippen molar-refractivity contribution in [1.29, 1.82) is 0 Å². The van der Waals surface area contributed by atoms with Crippen LogP contribution in [0.25, 0.3) is 0 Å². The fourth-order valence-corrected chi connectivity index (χ4v) is 2.96. The molecule has 0 radical (unpaired) electrons. The lowest BCUT2D eigenvalue weighted by Gasteiger charge is -2.04. The van der Waals surface area contributed by atoms with Gasteiger partial charge in [-0.2, -0.15) is 0 Å². The van der Waals surface area contributed by atoms with Gasteiger partial charge in [0.25, 0.3) is 0 Å². The van der Waals surface area contributed by atoms with Gasteiger partial charge in [0.15, 0.2) is 0 Å². The van der Waals surface area contributed by atoms with Crippen molar-refractivity contribution in [2.24, 2.45) is 0 Å². The summed E-state index contributed by atoms with van der Waals surface area (Å²) >= 11 is 6.82. The van der Waals surface area contributed by atoms with Crippen LogP contribution in [0.5, 0.6) is 0 Å². The monoisotopic (exact) mass is 385 g/mol. The third kappa shape index (κ3) is 3.28. The number of aromatic amines is 1. The zero-order chi connectivity index (χ0) is 13.8. The van der Waals surface area contributed by atoms with Gasteiger partial charge in [0, 0.05) is 15.5 Å². The SMILES string of the molecule is Cc1c(C(=O)OCc2ccccc2)[nH]c(CBr)c1Br. The second-order valence-electron chi connectivity index (χ2n) is 4.11. The first-order valence-corrected chi connectivity index (χ1v) is 7.69. The number of esters is 1. The minimum absolute atomic E-state index is 0.277. The number of hydrogen-bond acceptors (Lipinski definition) is 2. The molecular formula is C14H13Br2NO2. The number of H-pyrrole nitrogens is 1. The van der Waals surface area contributed by atoms with Crippen molar-refractivity contribution in [1.82, 2.24) is 4.98 Å². The molecule has 2 aromatic rings. The van der Waals surface area contributed by atoms with E-state index in [-0.39, 0.29) is 12.6 Å². The van der Waals surface area contributed by atoms with E-state index in [1.807, 2.05) is 37.3 Å². The van der Waals surface area contributed by atoms with Gasteiger partial charge in [-0.05, 0) is 34.0 Å². The van der Waals surface area contributed by atoms with E-state index >= 15 is 0 Å². The van der Waals surface area contributed by atoms with E-state index in [4.69, 9.17) is 4.74 Å². The Kier molecular flexibility index (Phi) is 4.82. The molecule has 100 valence electrons. The van der Waals surface area contributed by atoms with Crippen molar-refractivity contribution < 1.29 is 9.53 Å². The molecule has 1 aromatic heterocycles. The van der Waals surface area contributed by atoms with Crippen molar-refractivity contribution in [2.75, 3.05) is 0 Å². The fourth-order valence-electron chi connectivity index (χ4n) is 1.73. The Morgan fingerprint density at radius 1 is 1.32 bits per heavy atom. The molecule has 0 saturated carbocycles. The number of ether oxygens (including phenoxy) is 1. The molecule has 0 aliphatic carbocycles. The Morgan fingerprint density at radius 2 is 2.00 bits per heavy atom. The van der Waals surface area contributed by atoms with Crippen molar-refractivity contribution >= 4 is 37.8 Å². The maximum absolute atomic E-state index is 12.0. The second-order valence-corrected chi connectivity index (χ2v) is 5.47. The molecular weight excluding hydrogens is 374 g/mol. The van der Waals surface area contributed by atoms with E-state index in [1.54, 1.807) is 0 Å². The highest BCUT2D eigenvalue weighted by molar-refractivity contribution is 9.10. The lowest BCUT2D eigenvalue weighted by Crippen LogP contribution is -2.07. The molecule has 2 rings (SSSR count). The number of carbonyl (C=O) groups is 1. The minimum Gasteiger partial charge on any atom is -0.456 e. The van der Waals surface area contributed by atoms with Gasteiger partial charge in [-0.1, -0.05) is 46.3 Å². The molecule has 0 aliphatic rings. The van der Waals surface area contributed by atoms with E-state index in [9.17, 15) is 4.79 Å². The summed E-state index contributed by atoms with van der Waals surface area (Å²) in [6, 6.07) is 9.62. The van der Waals surface area contributed by atoms with Crippen LogP contribution in [0.3, 0.4) is 0 Å². The summed E-state index contributed by atoms with van der Waals surface area (Å²) in [4.78, 5) is 15.1. The molecule has 0 unspecified atom stereocenters. The Bertz CT molecular complexity index is 579. The van der Waals surface area contributed by atoms with E-state index in [1.165, 1.54) is 0 Å². The van der Waals surface area contributed by atoms with Gasteiger partial charge >= 0.3 is 5.97 Å². The number of aromatic nitrogens is 1. The van der Waals surface area contributed by atoms with Crippen LogP contribution in [0.1, 0.15) is 27.3 Å². The normalized spacial score (nSPS) is 10.5. The highest BCUT2D eigenvalue weighted by atomic mass is 79.9. The quantitative estimate of drug-likeness (QED) is 0.627. The number of carbonyl (C=O) groups excluding carboxylic acids is 1. The molecule has 0 bridgehead atoms. The summed E-state index contributed by atoms with van der Waals surface area (Å²) in [6.45, 7) is 2.16. The summed E-state index contributed by atoms with van der Waals surface area (Å²) in [6.07, 6.45) is 0. The zero-order valence-electron chi connectivity index (χ0n) is 10.4. The molecule has 0 amide bonds. The Balaban J connectivity index is 2.08. The predicted octanol–water partition coefficient (Wildman–Crippen LogP) is 4.34. The molecule has 0 aliphatic heterocycles. The van der Waals surface area contributed by atoms with Crippen molar-refractivity contribution in [3.05, 3.63) is 57.3 Å². The standard InChI is InChI=1S/C14H13Br2NO2/c1-9-12(16)11(7-15)17-13(9)14(18)19-8-10-5-3-2-4-6-10/h2-6,17H,7-8H2,1H3. The van der Waals surface area contributed by atoms with Crippen molar-refractivity contribution in [3.8, 4) is 0 Å². The molecule has 19 heavy (non-hydrogen) atoms. The van der Waals surface area contributed by atoms with Gasteiger partial charge in [-0.25, -0.2) is 4.79 Å². The largest absolute Gasteiger partial charge is 0.456 e. The van der Waals surface area contributed by atoms with Gasteiger partial charge in [0.1, 0.15) is 12.3 Å². The Morgan fingerprint density at radius 3 is 2.58 bits per heavy atom. The van der Waals surface area contributed by atoms with Crippen LogP contribution in [-0.2, 0) is 16.7 Å². The van der Waals surface area contributed by atoms with E-state index in [0.717, 1.165) is 21.3 Å². The third-order valence-corrected chi connectivity index (χ3v) is 4.43. The zero-order valence-corrected chi connectivity index (χ0v) is 13.5. The average molecular weight is 387 g/mol. The summed E-state index contributed by atoms with van der Waals surface area (Å²) in [5.74, 6) is -0.339. The highest BCUT2D eigenvalue weighted by Gasteiger charge is 2.18. The fraction of sp³-hybridized carbons (Fsp3) is 0.214. The third-order valence-electron chi connectivity index (χ3n) is 2.80. The summed E-state index contributed by atoms with van der Waals surface area (Å²) in [7, 11) is 0.